The number of thiazole rings is 1. The van der Waals surface area contributed by atoms with Gasteiger partial charge in [-0.25, -0.2) is 4.98 Å². The SMILES string of the molecule is Cc1cscc1/C(=C/c1ccc2scnc2c1)C1CCC1. The van der Waals surface area contributed by atoms with E-state index in [1.54, 1.807) is 11.3 Å². The Morgan fingerprint density at radius 1 is 1.29 bits per heavy atom. The molecule has 1 fully saturated rings. The first-order valence-electron chi connectivity index (χ1n) is 7.39. The van der Waals surface area contributed by atoms with Gasteiger partial charge in [-0.2, -0.15) is 11.3 Å². The number of aromatic nitrogens is 1. The van der Waals surface area contributed by atoms with Gasteiger partial charge in [0.15, 0.2) is 0 Å². The minimum absolute atomic E-state index is 0.740. The predicted octanol–water partition coefficient (Wildman–Crippen LogP) is 6.01. The lowest BCUT2D eigenvalue weighted by Crippen LogP contribution is -2.13. The minimum Gasteiger partial charge on any atom is -0.245 e. The van der Waals surface area contributed by atoms with Gasteiger partial charge >= 0.3 is 0 Å². The van der Waals surface area contributed by atoms with Gasteiger partial charge in [-0.1, -0.05) is 18.6 Å². The molecule has 0 radical (unpaired) electrons. The molecular weight excluding hydrogens is 294 g/mol. The van der Waals surface area contributed by atoms with Crippen LogP contribution in [0, 0.1) is 12.8 Å². The first-order chi connectivity index (χ1) is 10.3. The Morgan fingerprint density at radius 3 is 2.90 bits per heavy atom. The smallest absolute Gasteiger partial charge is 0.0817 e. The van der Waals surface area contributed by atoms with Gasteiger partial charge in [-0.15, -0.1) is 11.3 Å². The van der Waals surface area contributed by atoms with Crippen LogP contribution >= 0.6 is 22.7 Å². The van der Waals surface area contributed by atoms with Gasteiger partial charge in [-0.3, -0.25) is 0 Å². The first-order valence-corrected chi connectivity index (χ1v) is 9.21. The Hall–Kier alpha value is -1.45. The van der Waals surface area contributed by atoms with Gasteiger partial charge in [0.05, 0.1) is 15.7 Å². The maximum Gasteiger partial charge on any atom is 0.0817 e. The zero-order valence-electron chi connectivity index (χ0n) is 12.0. The van der Waals surface area contributed by atoms with Crippen molar-refractivity contribution in [2.45, 2.75) is 26.2 Å². The van der Waals surface area contributed by atoms with E-state index >= 15 is 0 Å². The summed E-state index contributed by atoms with van der Waals surface area (Å²) in [5.41, 5.74) is 8.70. The highest BCUT2D eigenvalue weighted by Gasteiger charge is 2.24. The van der Waals surface area contributed by atoms with E-state index < -0.39 is 0 Å². The largest absolute Gasteiger partial charge is 0.245 e. The number of thiophene rings is 1. The van der Waals surface area contributed by atoms with Crippen molar-refractivity contribution >= 4 is 44.5 Å². The van der Waals surface area contributed by atoms with Crippen LogP contribution in [-0.2, 0) is 0 Å². The standard InChI is InChI=1S/C18H17NS2/c1-12-9-20-10-16(12)15(14-3-2-4-14)7-13-5-6-18-17(8-13)19-11-21-18/h5-11,14H,2-4H2,1H3/b15-7+. The highest BCUT2D eigenvalue weighted by atomic mass is 32.1. The van der Waals surface area contributed by atoms with Crippen LogP contribution < -0.4 is 0 Å². The van der Waals surface area contributed by atoms with E-state index in [-0.39, 0.29) is 0 Å². The third-order valence-electron chi connectivity index (χ3n) is 4.39. The molecule has 1 aliphatic rings. The predicted molar refractivity (Wildman–Crippen MR) is 93.9 cm³/mol. The van der Waals surface area contributed by atoms with Gasteiger partial charge in [-0.05, 0) is 70.8 Å². The fraction of sp³-hybridized carbons (Fsp3) is 0.278. The average Bonchev–Trinajstić information content (AvgIpc) is 3.03. The van der Waals surface area contributed by atoms with Crippen LogP contribution in [0.2, 0.25) is 0 Å². The molecule has 3 aromatic rings. The zero-order valence-corrected chi connectivity index (χ0v) is 13.6. The second-order valence-corrected chi connectivity index (χ2v) is 7.41. The summed E-state index contributed by atoms with van der Waals surface area (Å²) in [6.07, 6.45) is 6.42. The number of aryl methyl sites for hydroxylation is 1. The van der Waals surface area contributed by atoms with E-state index in [1.807, 2.05) is 16.8 Å². The molecule has 1 aromatic carbocycles. The molecule has 1 nitrogen and oxygen atoms in total. The normalized spacial score (nSPS) is 16.3. The third-order valence-corrected chi connectivity index (χ3v) is 6.06. The molecule has 0 spiro atoms. The maximum atomic E-state index is 4.44. The fourth-order valence-electron chi connectivity index (χ4n) is 2.94. The molecule has 0 atom stereocenters. The van der Waals surface area contributed by atoms with Gasteiger partial charge in [0.1, 0.15) is 0 Å². The summed E-state index contributed by atoms with van der Waals surface area (Å²) >= 11 is 3.52. The van der Waals surface area contributed by atoms with Gasteiger partial charge in [0, 0.05) is 0 Å². The van der Waals surface area contributed by atoms with Crippen LogP contribution in [0.4, 0.5) is 0 Å². The van der Waals surface area contributed by atoms with Crippen LogP contribution in [0.3, 0.4) is 0 Å². The Bertz CT molecular complexity index is 805. The second-order valence-electron chi connectivity index (χ2n) is 5.78. The monoisotopic (exact) mass is 311 g/mol. The van der Waals surface area contributed by atoms with Gasteiger partial charge in [0.2, 0.25) is 0 Å². The molecule has 2 aromatic heterocycles. The molecule has 0 N–H and O–H groups in total. The Kier molecular flexibility index (Phi) is 3.40. The third kappa shape index (κ3) is 2.45. The molecule has 0 bridgehead atoms. The Labute approximate surface area is 133 Å². The molecule has 21 heavy (non-hydrogen) atoms. The van der Waals surface area contributed by atoms with Gasteiger partial charge in [0.25, 0.3) is 0 Å². The molecule has 4 rings (SSSR count). The van der Waals surface area contributed by atoms with Crippen LogP contribution in [0.1, 0.15) is 36.0 Å². The minimum atomic E-state index is 0.740. The molecule has 0 aliphatic heterocycles. The number of fused-ring (bicyclic) bond motifs is 1. The molecule has 106 valence electrons. The molecule has 0 amide bonds. The summed E-state index contributed by atoms with van der Waals surface area (Å²) in [6.45, 7) is 2.22. The molecular formula is C18H17NS2. The quantitative estimate of drug-likeness (QED) is 0.577. The van der Waals surface area contributed by atoms with E-state index in [9.17, 15) is 0 Å². The number of hydrogen-bond acceptors (Lipinski definition) is 3. The summed E-state index contributed by atoms with van der Waals surface area (Å²) in [6, 6.07) is 6.63. The Balaban J connectivity index is 1.79. The lowest BCUT2D eigenvalue weighted by molar-refractivity contribution is 0.401. The molecule has 1 aliphatic carbocycles. The summed E-state index contributed by atoms with van der Waals surface area (Å²) in [4.78, 5) is 4.44. The van der Waals surface area contributed by atoms with Crippen LogP contribution in [0.15, 0.2) is 34.5 Å². The highest BCUT2D eigenvalue weighted by Crippen LogP contribution is 2.41. The number of allylic oxidation sites excluding steroid dienone is 1. The lowest BCUT2D eigenvalue weighted by Gasteiger charge is -2.28. The highest BCUT2D eigenvalue weighted by molar-refractivity contribution is 7.16. The lowest BCUT2D eigenvalue weighted by atomic mass is 9.76. The van der Waals surface area contributed by atoms with E-state index in [4.69, 9.17) is 0 Å². The van der Waals surface area contributed by atoms with Gasteiger partial charge < -0.3 is 0 Å². The topological polar surface area (TPSA) is 12.9 Å². The zero-order chi connectivity index (χ0) is 14.2. The second kappa shape index (κ2) is 5.39. The van der Waals surface area contributed by atoms with E-state index in [0.29, 0.717) is 0 Å². The summed E-state index contributed by atoms with van der Waals surface area (Å²) in [7, 11) is 0. The van der Waals surface area contributed by atoms with Crippen LogP contribution in [-0.4, -0.2) is 4.98 Å². The maximum absolute atomic E-state index is 4.44. The molecule has 2 heterocycles. The fourth-order valence-corrected chi connectivity index (χ4v) is 4.45. The molecule has 3 heteroatoms. The summed E-state index contributed by atoms with van der Waals surface area (Å²) in [5.74, 6) is 0.740. The van der Waals surface area contributed by atoms with Crippen molar-refractivity contribution in [1.29, 1.82) is 0 Å². The van der Waals surface area contributed by atoms with Crippen molar-refractivity contribution in [2.75, 3.05) is 0 Å². The van der Waals surface area contributed by atoms with Crippen molar-refractivity contribution in [3.63, 3.8) is 0 Å². The Morgan fingerprint density at radius 2 is 2.19 bits per heavy atom. The van der Waals surface area contributed by atoms with E-state index in [0.717, 1.165) is 11.4 Å². The molecule has 0 unspecified atom stereocenters. The van der Waals surface area contributed by atoms with Crippen molar-refractivity contribution < 1.29 is 0 Å². The molecule has 0 saturated heterocycles. The van der Waals surface area contributed by atoms with E-state index in [2.05, 4.69) is 46.9 Å². The van der Waals surface area contributed by atoms with Crippen LogP contribution in [0.5, 0.6) is 0 Å². The first kappa shape index (κ1) is 13.2. The number of benzene rings is 1. The van der Waals surface area contributed by atoms with Crippen molar-refractivity contribution in [1.82, 2.24) is 4.98 Å². The van der Waals surface area contributed by atoms with Crippen molar-refractivity contribution in [2.24, 2.45) is 5.92 Å². The number of hydrogen-bond donors (Lipinski definition) is 0. The van der Waals surface area contributed by atoms with E-state index in [1.165, 1.54) is 46.2 Å². The summed E-state index contributed by atoms with van der Waals surface area (Å²) in [5, 5.41) is 4.56. The number of rotatable bonds is 3. The summed E-state index contributed by atoms with van der Waals surface area (Å²) < 4.78 is 1.27. The van der Waals surface area contributed by atoms with Crippen LogP contribution in [0.25, 0.3) is 21.9 Å². The average molecular weight is 311 g/mol. The molecule has 1 saturated carbocycles. The number of nitrogens with zero attached hydrogens (tertiary/aromatic N) is 1. The van der Waals surface area contributed by atoms with Crippen molar-refractivity contribution in [3.05, 3.63) is 51.2 Å². The van der Waals surface area contributed by atoms with Crippen molar-refractivity contribution in [3.8, 4) is 0 Å².